The largest absolute Gasteiger partial charge is 0.488 e. The summed E-state index contributed by atoms with van der Waals surface area (Å²) in [5, 5.41) is 18.7. The SMILES string of the molecule is OB(O)c1ccc(Sc2ccc(Cl)cc2)cc1. The average molecular weight is 265 g/mol. The van der Waals surface area contributed by atoms with Crippen molar-refractivity contribution in [3.8, 4) is 0 Å². The number of hydrogen-bond acceptors (Lipinski definition) is 3. The van der Waals surface area contributed by atoms with E-state index < -0.39 is 7.12 Å². The Hall–Kier alpha value is -0.935. The van der Waals surface area contributed by atoms with Crippen LogP contribution in [0.3, 0.4) is 0 Å². The van der Waals surface area contributed by atoms with E-state index in [0.29, 0.717) is 10.5 Å². The summed E-state index contributed by atoms with van der Waals surface area (Å²) in [4.78, 5) is 2.13. The molecule has 0 unspecified atom stereocenters. The van der Waals surface area contributed by atoms with Crippen LogP contribution in [-0.2, 0) is 0 Å². The normalized spacial score (nSPS) is 10.3. The molecule has 86 valence electrons. The van der Waals surface area contributed by atoms with Gasteiger partial charge in [-0.2, -0.15) is 0 Å². The first-order chi connectivity index (χ1) is 8.15. The van der Waals surface area contributed by atoms with Gasteiger partial charge in [-0.1, -0.05) is 35.5 Å². The minimum absolute atomic E-state index is 0.491. The molecule has 0 bridgehead atoms. The van der Waals surface area contributed by atoms with Crippen molar-refractivity contribution in [3.63, 3.8) is 0 Å². The van der Waals surface area contributed by atoms with Crippen LogP contribution in [0.1, 0.15) is 0 Å². The summed E-state index contributed by atoms with van der Waals surface area (Å²) in [6.45, 7) is 0. The maximum Gasteiger partial charge on any atom is 0.488 e. The molecule has 0 aliphatic rings. The van der Waals surface area contributed by atoms with Crippen molar-refractivity contribution in [2.24, 2.45) is 0 Å². The molecule has 0 aliphatic heterocycles. The van der Waals surface area contributed by atoms with Gasteiger partial charge in [-0.3, -0.25) is 0 Å². The fourth-order valence-electron chi connectivity index (χ4n) is 1.35. The highest BCUT2D eigenvalue weighted by molar-refractivity contribution is 7.99. The number of halogens is 1. The molecule has 0 fully saturated rings. The molecule has 2 aromatic carbocycles. The highest BCUT2D eigenvalue weighted by Gasteiger charge is 2.09. The van der Waals surface area contributed by atoms with Gasteiger partial charge in [0.2, 0.25) is 0 Å². The molecule has 2 N–H and O–H groups in total. The third-order valence-electron chi connectivity index (χ3n) is 2.23. The Morgan fingerprint density at radius 3 is 1.76 bits per heavy atom. The lowest BCUT2D eigenvalue weighted by Crippen LogP contribution is -2.29. The van der Waals surface area contributed by atoms with Gasteiger partial charge in [0.05, 0.1) is 0 Å². The summed E-state index contributed by atoms with van der Waals surface area (Å²) >= 11 is 7.40. The van der Waals surface area contributed by atoms with Gasteiger partial charge in [0.25, 0.3) is 0 Å². The standard InChI is InChI=1S/C12H10BClO2S/c14-10-3-7-12(8-4-10)17-11-5-1-9(2-6-11)13(15)16/h1-8,15-16H. The molecule has 0 saturated carbocycles. The zero-order valence-corrected chi connectivity index (χ0v) is 10.4. The first-order valence-electron chi connectivity index (χ1n) is 5.05. The van der Waals surface area contributed by atoms with Crippen molar-refractivity contribution in [2.45, 2.75) is 9.79 Å². The quantitative estimate of drug-likeness (QED) is 0.835. The smallest absolute Gasteiger partial charge is 0.423 e. The van der Waals surface area contributed by atoms with E-state index in [1.165, 1.54) is 0 Å². The van der Waals surface area contributed by atoms with E-state index in [1.807, 2.05) is 36.4 Å². The van der Waals surface area contributed by atoms with Crippen LogP contribution in [-0.4, -0.2) is 17.2 Å². The molecule has 5 heteroatoms. The zero-order valence-electron chi connectivity index (χ0n) is 8.88. The highest BCUT2D eigenvalue weighted by atomic mass is 35.5. The number of benzene rings is 2. The van der Waals surface area contributed by atoms with Gasteiger partial charge in [0, 0.05) is 14.8 Å². The van der Waals surface area contributed by atoms with E-state index in [-0.39, 0.29) is 0 Å². The molecule has 0 spiro atoms. The topological polar surface area (TPSA) is 40.5 Å². The predicted molar refractivity (Wildman–Crippen MR) is 71.8 cm³/mol. The minimum atomic E-state index is -1.41. The van der Waals surface area contributed by atoms with E-state index in [4.69, 9.17) is 21.6 Å². The van der Waals surface area contributed by atoms with Crippen LogP contribution >= 0.6 is 23.4 Å². The molecule has 2 rings (SSSR count). The fourth-order valence-corrected chi connectivity index (χ4v) is 2.29. The molecule has 2 aromatic rings. The Balaban J connectivity index is 2.11. The Morgan fingerprint density at radius 1 is 0.824 bits per heavy atom. The summed E-state index contributed by atoms with van der Waals surface area (Å²) < 4.78 is 0. The average Bonchev–Trinajstić information content (AvgIpc) is 2.33. The van der Waals surface area contributed by atoms with Crippen LogP contribution in [0.2, 0.25) is 5.02 Å². The Labute approximate surface area is 109 Å². The van der Waals surface area contributed by atoms with Crippen molar-refractivity contribution < 1.29 is 10.0 Å². The lowest BCUT2D eigenvalue weighted by molar-refractivity contribution is 0.426. The molecule has 2 nitrogen and oxygen atoms in total. The van der Waals surface area contributed by atoms with Gasteiger partial charge in [0.1, 0.15) is 0 Å². The summed E-state index contributed by atoms with van der Waals surface area (Å²) in [5.74, 6) is 0. The molecule has 0 atom stereocenters. The van der Waals surface area contributed by atoms with Gasteiger partial charge in [-0.05, 0) is 41.9 Å². The van der Waals surface area contributed by atoms with Crippen LogP contribution in [0.5, 0.6) is 0 Å². The summed E-state index contributed by atoms with van der Waals surface area (Å²) in [5.41, 5.74) is 0.491. The van der Waals surface area contributed by atoms with Crippen molar-refractivity contribution in [1.82, 2.24) is 0 Å². The first-order valence-corrected chi connectivity index (χ1v) is 6.24. The van der Waals surface area contributed by atoms with Gasteiger partial charge in [-0.25, -0.2) is 0 Å². The maximum atomic E-state index is 8.97. The van der Waals surface area contributed by atoms with Crippen molar-refractivity contribution >= 4 is 35.9 Å². The van der Waals surface area contributed by atoms with Crippen LogP contribution in [0.4, 0.5) is 0 Å². The second-order valence-corrected chi connectivity index (χ2v) is 5.08. The van der Waals surface area contributed by atoms with Crippen LogP contribution in [0, 0.1) is 0 Å². The van der Waals surface area contributed by atoms with E-state index in [0.717, 1.165) is 9.79 Å². The lowest BCUT2D eigenvalue weighted by atomic mass is 9.81. The molecular weight excluding hydrogens is 254 g/mol. The predicted octanol–water partition coefficient (Wildman–Crippen LogP) is 2.17. The monoisotopic (exact) mass is 264 g/mol. The third kappa shape index (κ3) is 3.51. The molecule has 0 radical (unpaired) electrons. The van der Waals surface area contributed by atoms with Gasteiger partial charge in [-0.15, -0.1) is 0 Å². The summed E-state index contributed by atoms with van der Waals surface area (Å²) in [6.07, 6.45) is 0. The lowest BCUT2D eigenvalue weighted by Gasteiger charge is -2.03. The van der Waals surface area contributed by atoms with Gasteiger partial charge in [0.15, 0.2) is 0 Å². The molecular formula is C12H10BClO2S. The summed E-state index contributed by atoms with van der Waals surface area (Å²) in [6, 6.07) is 14.7. The van der Waals surface area contributed by atoms with Crippen molar-refractivity contribution in [1.29, 1.82) is 0 Å². The fraction of sp³-hybridized carbons (Fsp3) is 0. The molecule has 17 heavy (non-hydrogen) atoms. The molecule has 0 heterocycles. The van der Waals surface area contributed by atoms with Gasteiger partial charge >= 0.3 is 7.12 Å². The van der Waals surface area contributed by atoms with E-state index in [1.54, 1.807) is 23.9 Å². The molecule has 0 aromatic heterocycles. The second kappa shape index (κ2) is 5.60. The minimum Gasteiger partial charge on any atom is -0.423 e. The van der Waals surface area contributed by atoms with E-state index >= 15 is 0 Å². The zero-order chi connectivity index (χ0) is 12.3. The number of rotatable bonds is 3. The van der Waals surface area contributed by atoms with Crippen molar-refractivity contribution in [3.05, 3.63) is 53.6 Å². The second-order valence-electron chi connectivity index (χ2n) is 3.50. The Bertz CT molecular complexity index is 485. The van der Waals surface area contributed by atoms with Crippen molar-refractivity contribution in [2.75, 3.05) is 0 Å². The highest BCUT2D eigenvalue weighted by Crippen LogP contribution is 2.27. The summed E-state index contributed by atoms with van der Waals surface area (Å²) in [7, 11) is -1.41. The van der Waals surface area contributed by atoms with Crippen LogP contribution < -0.4 is 5.46 Å². The number of hydrogen-bond donors (Lipinski definition) is 2. The van der Waals surface area contributed by atoms with E-state index in [9.17, 15) is 0 Å². The Morgan fingerprint density at radius 2 is 1.29 bits per heavy atom. The maximum absolute atomic E-state index is 8.97. The molecule has 0 amide bonds. The Kier molecular flexibility index (Phi) is 4.13. The molecule has 0 aliphatic carbocycles. The van der Waals surface area contributed by atoms with Gasteiger partial charge < -0.3 is 10.0 Å². The van der Waals surface area contributed by atoms with E-state index in [2.05, 4.69) is 0 Å². The van der Waals surface area contributed by atoms with Crippen LogP contribution in [0.25, 0.3) is 0 Å². The first kappa shape index (κ1) is 12.5. The van der Waals surface area contributed by atoms with Crippen LogP contribution in [0.15, 0.2) is 58.3 Å². The molecule has 0 saturated heterocycles. The third-order valence-corrected chi connectivity index (χ3v) is 3.50.